The Morgan fingerprint density at radius 1 is 1.24 bits per heavy atom. The standard InChI is InChI=1S/C22H26FN3O2S/c1-14-13-29-22-24-15(2)19(21(28)26(14)22)9-12-25-10-7-17(8-11-25)20(27)16-3-5-18(23)6-4-16/h3-6,13,17,20,27H,7-12H2,1-2H3. The van der Waals surface area contributed by atoms with Crippen LogP contribution in [0, 0.1) is 25.6 Å². The predicted octanol–water partition coefficient (Wildman–Crippen LogP) is 3.50. The fourth-order valence-electron chi connectivity index (χ4n) is 4.20. The molecule has 0 saturated carbocycles. The molecule has 1 aliphatic rings. The van der Waals surface area contributed by atoms with Crippen LogP contribution in [0.4, 0.5) is 4.39 Å². The van der Waals surface area contributed by atoms with Gasteiger partial charge in [0.25, 0.3) is 5.56 Å². The minimum absolute atomic E-state index is 0.0490. The lowest BCUT2D eigenvalue weighted by Gasteiger charge is -2.34. The Kier molecular flexibility index (Phi) is 5.81. The van der Waals surface area contributed by atoms with E-state index in [0.29, 0.717) is 6.42 Å². The first-order valence-electron chi connectivity index (χ1n) is 10.1. The minimum Gasteiger partial charge on any atom is -0.388 e. The number of hydrogen-bond donors (Lipinski definition) is 1. The first-order valence-corrected chi connectivity index (χ1v) is 10.9. The Morgan fingerprint density at radius 2 is 1.93 bits per heavy atom. The van der Waals surface area contributed by atoms with Gasteiger partial charge in [-0.15, -0.1) is 11.3 Å². The van der Waals surface area contributed by atoms with E-state index in [-0.39, 0.29) is 17.3 Å². The summed E-state index contributed by atoms with van der Waals surface area (Å²) in [4.78, 5) is 20.6. The van der Waals surface area contributed by atoms with Crippen LogP contribution in [0.3, 0.4) is 0 Å². The summed E-state index contributed by atoms with van der Waals surface area (Å²) in [5.74, 6) is -0.108. The highest BCUT2D eigenvalue weighted by Crippen LogP contribution is 2.30. The lowest BCUT2D eigenvalue weighted by Crippen LogP contribution is -2.37. The second-order valence-electron chi connectivity index (χ2n) is 7.90. The van der Waals surface area contributed by atoms with Crippen LogP contribution in [0.5, 0.6) is 0 Å². The lowest BCUT2D eigenvalue weighted by atomic mass is 9.87. The highest BCUT2D eigenvalue weighted by molar-refractivity contribution is 7.15. The summed E-state index contributed by atoms with van der Waals surface area (Å²) >= 11 is 1.50. The van der Waals surface area contributed by atoms with Crippen molar-refractivity contribution in [3.63, 3.8) is 0 Å². The number of piperidine rings is 1. The summed E-state index contributed by atoms with van der Waals surface area (Å²) < 4.78 is 14.8. The molecule has 5 nitrogen and oxygen atoms in total. The van der Waals surface area contributed by atoms with Gasteiger partial charge < -0.3 is 10.0 Å². The molecule has 2 aromatic heterocycles. The number of aromatic nitrogens is 2. The van der Waals surface area contributed by atoms with Crippen molar-refractivity contribution < 1.29 is 9.50 Å². The number of benzene rings is 1. The second-order valence-corrected chi connectivity index (χ2v) is 8.74. The molecular weight excluding hydrogens is 389 g/mol. The molecule has 1 aliphatic heterocycles. The summed E-state index contributed by atoms with van der Waals surface area (Å²) in [6, 6.07) is 6.12. The number of nitrogens with zero attached hydrogens (tertiary/aromatic N) is 3. The number of aliphatic hydroxyl groups excluding tert-OH is 1. The summed E-state index contributed by atoms with van der Waals surface area (Å²) in [7, 11) is 0. The molecule has 7 heteroatoms. The van der Waals surface area contributed by atoms with Crippen molar-refractivity contribution in [1.82, 2.24) is 14.3 Å². The van der Waals surface area contributed by atoms with Gasteiger partial charge in [0.15, 0.2) is 4.96 Å². The summed E-state index contributed by atoms with van der Waals surface area (Å²) in [5.41, 5.74) is 3.36. The number of aryl methyl sites for hydroxylation is 2. The maximum absolute atomic E-state index is 13.1. The van der Waals surface area contributed by atoms with Crippen LogP contribution < -0.4 is 5.56 Å². The Labute approximate surface area is 173 Å². The van der Waals surface area contributed by atoms with Crippen molar-refractivity contribution >= 4 is 16.3 Å². The van der Waals surface area contributed by atoms with Crippen LogP contribution in [0.1, 0.15) is 41.5 Å². The topological polar surface area (TPSA) is 57.8 Å². The zero-order valence-corrected chi connectivity index (χ0v) is 17.6. The molecule has 4 rings (SSSR count). The fraction of sp³-hybridized carbons (Fsp3) is 0.455. The number of rotatable bonds is 5. The normalized spacial score (nSPS) is 17.1. The van der Waals surface area contributed by atoms with Crippen LogP contribution in [0.2, 0.25) is 0 Å². The molecule has 0 bridgehead atoms. The third-order valence-corrected chi connectivity index (χ3v) is 6.95. The van der Waals surface area contributed by atoms with Gasteiger partial charge in [-0.2, -0.15) is 0 Å². The van der Waals surface area contributed by atoms with E-state index in [1.807, 2.05) is 19.2 Å². The summed E-state index contributed by atoms with van der Waals surface area (Å²) in [6.07, 6.45) is 1.90. The van der Waals surface area contributed by atoms with Crippen LogP contribution in [0.25, 0.3) is 4.96 Å². The second kappa shape index (κ2) is 8.34. The SMILES string of the molecule is Cc1nc2scc(C)n2c(=O)c1CCN1CCC(C(O)c2ccc(F)cc2)CC1. The predicted molar refractivity (Wildman–Crippen MR) is 113 cm³/mol. The Bertz CT molecular complexity index is 1050. The molecule has 1 unspecified atom stereocenters. The van der Waals surface area contributed by atoms with E-state index in [9.17, 15) is 14.3 Å². The van der Waals surface area contributed by atoms with Gasteiger partial charge in [-0.05, 0) is 69.8 Å². The molecule has 0 spiro atoms. The lowest BCUT2D eigenvalue weighted by molar-refractivity contribution is 0.0591. The highest BCUT2D eigenvalue weighted by atomic mass is 32.1. The van der Waals surface area contributed by atoms with Crippen molar-refractivity contribution in [1.29, 1.82) is 0 Å². The van der Waals surface area contributed by atoms with Gasteiger partial charge in [0, 0.05) is 28.9 Å². The number of thiazole rings is 1. The quantitative estimate of drug-likeness (QED) is 0.693. The van der Waals surface area contributed by atoms with Gasteiger partial charge in [-0.3, -0.25) is 9.20 Å². The van der Waals surface area contributed by atoms with Crippen LogP contribution in [0.15, 0.2) is 34.4 Å². The molecule has 0 radical (unpaired) electrons. The van der Waals surface area contributed by atoms with Crippen molar-refractivity contribution in [2.75, 3.05) is 19.6 Å². The molecule has 3 aromatic rings. The average molecular weight is 416 g/mol. The number of aliphatic hydroxyl groups is 1. The molecule has 3 heterocycles. The van der Waals surface area contributed by atoms with E-state index in [0.717, 1.165) is 60.0 Å². The van der Waals surface area contributed by atoms with Gasteiger partial charge in [-0.25, -0.2) is 9.37 Å². The van der Waals surface area contributed by atoms with Gasteiger partial charge in [0.05, 0.1) is 6.10 Å². The van der Waals surface area contributed by atoms with Gasteiger partial charge in [-0.1, -0.05) is 12.1 Å². The molecule has 1 N–H and O–H groups in total. The highest BCUT2D eigenvalue weighted by Gasteiger charge is 2.26. The Morgan fingerprint density at radius 3 is 2.62 bits per heavy atom. The van der Waals surface area contributed by atoms with E-state index in [4.69, 9.17) is 0 Å². The third kappa shape index (κ3) is 4.13. The van der Waals surface area contributed by atoms with E-state index in [2.05, 4.69) is 9.88 Å². The summed E-state index contributed by atoms with van der Waals surface area (Å²) in [6.45, 7) is 6.43. The zero-order chi connectivity index (χ0) is 20.5. The van der Waals surface area contributed by atoms with E-state index < -0.39 is 6.10 Å². The molecule has 0 aliphatic carbocycles. The van der Waals surface area contributed by atoms with Gasteiger partial charge in [0.1, 0.15) is 5.82 Å². The molecule has 1 fully saturated rings. The molecule has 1 saturated heterocycles. The minimum atomic E-state index is -0.558. The third-order valence-electron chi connectivity index (χ3n) is 6.01. The monoisotopic (exact) mass is 415 g/mol. The van der Waals surface area contributed by atoms with Gasteiger partial charge >= 0.3 is 0 Å². The number of likely N-dealkylation sites (tertiary alicyclic amines) is 1. The molecule has 1 aromatic carbocycles. The van der Waals surface area contributed by atoms with E-state index >= 15 is 0 Å². The fourth-order valence-corrected chi connectivity index (χ4v) is 5.10. The van der Waals surface area contributed by atoms with Crippen molar-refractivity contribution in [2.24, 2.45) is 5.92 Å². The molecule has 0 amide bonds. The van der Waals surface area contributed by atoms with Crippen molar-refractivity contribution in [2.45, 2.75) is 39.2 Å². The van der Waals surface area contributed by atoms with E-state index in [1.54, 1.807) is 16.5 Å². The molecule has 1 atom stereocenters. The van der Waals surface area contributed by atoms with E-state index in [1.165, 1.54) is 23.5 Å². The molecular formula is C22H26FN3O2S. The van der Waals surface area contributed by atoms with Crippen LogP contribution in [-0.4, -0.2) is 39.0 Å². The van der Waals surface area contributed by atoms with Crippen molar-refractivity contribution in [3.05, 3.63) is 68.3 Å². The maximum atomic E-state index is 13.1. The largest absolute Gasteiger partial charge is 0.388 e. The van der Waals surface area contributed by atoms with Crippen molar-refractivity contribution in [3.8, 4) is 0 Å². The first kappa shape index (κ1) is 20.2. The number of hydrogen-bond acceptors (Lipinski definition) is 5. The van der Waals surface area contributed by atoms with Crippen LogP contribution >= 0.6 is 11.3 Å². The number of halogens is 1. The Hall–Kier alpha value is -2.09. The Balaban J connectivity index is 1.37. The smallest absolute Gasteiger partial charge is 0.262 e. The summed E-state index contributed by atoms with van der Waals surface area (Å²) in [5, 5.41) is 12.6. The average Bonchev–Trinajstić information content (AvgIpc) is 3.09. The molecule has 154 valence electrons. The van der Waals surface area contributed by atoms with Gasteiger partial charge in [0.2, 0.25) is 0 Å². The zero-order valence-electron chi connectivity index (χ0n) is 16.8. The number of fused-ring (bicyclic) bond motifs is 1. The first-order chi connectivity index (χ1) is 13.9. The maximum Gasteiger partial charge on any atom is 0.262 e. The molecule has 29 heavy (non-hydrogen) atoms. The van der Waals surface area contributed by atoms with Crippen LogP contribution in [-0.2, 0) is 6.42 Å².